The molecule has 1 amide bonds. The fourth-order valence-corrected chi connectivity index (χ4v) is 7.01. The standard InChI is InChI=1S/C24H22ClF4N5O3S/c1-11-7-32(8-12(2)34(11)23(36)37)21-15-5-16(24(27,28)29)18(25)20-19(15)33(22(35)31-21)9-13(10-38-20)14-3-4-30-6-17(14)26/h3-6,11-13H,7-10H2,1-2H3,(H,36,37)/t11-,12+,13-/m0/s1. The van der Waals surface area contributed by atoms with Gasteiger partial charge in [-0.05, 0) is 31.5 Å². The molecule has 0 spiro atoms. The number of hydrogen-bond acceptors (Lipinski definition) is 6. The predicted molar refractivity (Wildman–Crippen MR) is 135 cm³/mol. The highest BCUT2D eigenvalue weighted by molar-refractivity contribution is 7.99. The van der Waals surface area contributed by atoms with Crippen LogP contribution < -0.4 is 10.6 Å². The molecule has 1 saturated heterocycles. The molecule has 0 unspecified atom stereocenters. The molecular weight excluding hydrogens is 550 g/mol. The van der Waals surface area contributed by atoms with E-state index in [0.717, 1.165) is 24.0 Å². The van der Waals surface area contributed by atoms with Crippen LogP contribution >= 0.6 is 23.4 Å². The summed E-state index contributed by atoms with van der Waals surface area (Å²) in [4.78, 5) is 36.0. The number of piperazine rings is 1. The summed E-state index contributed by atoms with van der Waals surface area (Å²) in [6.45, 7) is 3.59. The molecule has 5 rings (SSSR count). The fourth-order valence-electron chi connectivity index (χ4n) is 5.35. The van der Waals surface area contributed by atoms with Crippen molar-refractivity contribution in [3.63, 3.8) is 0 Å². The summed E-state index contributed by atoms with van der Waals surface area (Å²) < 4.78 is 58.1. The number of nitrogens with zero attached hydrogens (tertiary/aromatic N) is 5. The monoisotopic (exact) mass is 571 g/mol. The van der Waals surface area contributed by atoms with Crippen LogP contribution in [0.25, 0.3) is 10.9 Å². The Morgan fingerprint density at radius 3 is 2.50 bits per heavy atom. The summed E-state index contributed by atoms with van der Waals surface area (Å²) in [6.07, 6.45) is -3.44. The highest BCUT2D eigenvalue weighted by Gasteiger charge is 2.39. The third kappa shape index (κ3) is 4.45. The maximum Gasteiger partial charge on any atom is 0.417 e. The maximum atomic E-state index is 14.6. The van der Waals surface area contributed by atoms with Gasteiger partial charge in [-0.3, -0.25) is 14.5 Å². The van der Waals surface area contributed by atoms with Crippen LogP contribution in [0.4, 0.5) is 28.2 Å². The maximum absolute atomic E-state index is 14.6. The molecule has 14 heteroatoms. The summed E-state index contributed by atoms with van der Waals surface area (Å²) >= 11 is 7.35. The molecule has 4 heterocycles. The first-order valence-corrected chi connectivity index (χ1v) is 13.1. The number of thioether (sulfide) groups is 1. The summed E-state index contributed by atoms with van der Waals surface area (Å²) in [6, 6.07) is 1.36. The smallest absolute Gasteiger partial charge is 0.417 e. The van der Waals surface area contributed by atoms with E-state index in [2.05, 4.69) is 9.97 Å². The van der Waals surface area contributed by atoms with Crippen molar-refractivity contribution >= 4 is 46.2 Å². The summed E-state index contributed by atoms with van der Waals surface area (Å²) in [5.41, 5.74) is -1.31. The molecule has 202 valence electrons. The fraction of sp³-hybridized carbons (Fsp3) is 0.417. The van der Waals surface area contributed by atoms with E-state index in [4.69, 9.17) is 11.6 Å². The minimum Gasteiger partial charge on any atom is -0.465 e. The molecule has 0 saturated carbocycles. The number of amides is 1. The van der Waals surface area contributed by atoms with Crippen LogP contribution in [0.15, 0.2) is 34.2 Å². The van der Waals surface area contributed by atoms with Crippen LogP contribution in [0.2, 0.25) is 5.02 Å². The molecule has 1 fully saturated rings. The molecule has 2 aliphatic rings. The number of carboxylic acid groups (broad SMARTS) is 1. The molecule has 8 nitrogen and oxygen atoms in total. The molecule has 0 aliphatic carbocycles. The average molecular weight is 572 g/mol. The van der Waals surface area contributed by atoms with Crippen molar-refractivity contribution in [1.29, 1.82) is 0 Å². The minimum atomic E-state index is -4.79. The van der Waals surface area contributed by atoms with Crippen molar-refractivity contribution in [3.8, 4) is 0 Å². The van der Waals surface area contributed by atoms with Gasteiger partial charge in [0, 0.05) is 42.9 Å². The van der Waals surface area contributed by atoms with E-state index in [9.17, 15) is 32.3 Å². The Balaban J connectivity index is 1.73. The van der Waals surface area contributed by atoms with Gasteiger partial charge >= 0.3 is 18.0 Å². The summed E-state index contributed by atoms with van der Waals surface area (Å²) in [7, 11) is 0. The normalized spacial score (nSPS) is 22.0. The molecule has 2 aromatic heterocycles. The first-order valence-electron chi connectivity index (χ1n) is 11.7. The van der Waals surface area contributed by atoms with Crippen molar-refractivity contribution in [1.82, 2.24) is 19.4 Å². The Morgan fingerprint density at radius 2 is 1.89 bits per heavy atom. The molecule has 0 bridgehead atoms. The Kier molecular flexibility index (Phi) is 6.70. The first kappa shape index (κ1) is 26.5. The van der Waals surface area contributed by atoms with E-state index in [1.54, 1.807) is 18.7 Å². The first-order chi connectivity index (χ1) is 17.9. The van der Waals surface area contributed by atoms with E-state index in [0.29, 0.717) is 0 Å². The third-order valence-corrected chi connectivity index (χ3v) is 8.72. The number of pyridine rings is 1. The predicted octanol–water partition coefficient (Wildman–Crippen LogP) is 5.07. The van der Waals surface area contributed by atoms with Gasteiger partial charge in [-0.1, -0.05) is 11.6 Å². The van der Waals surface area contributed by atoms with Gasteiger partial charge in [-0.2, -0.15) is 18.2 Å². The van der Waals surface area contributed by atoms with Gasteiger partial charge in [0.2, 0.25) is 0 Å². The van der Waals surface area contributed by atoms with Crippen LogP contribution in [0.5, 0.6) is 0 Å². The van der Waals surface area contributed by atoms with Crippen molar-refractivity contribution in [3.05, 3.63) is 57.0 Å². The SMILES string of the molecule is C[C@@H]1CN(c2nc(=O)n3c4c(c(Cl)c(C(F)(F)F)cc24)SC[C@@H](c2ccncc2F)C3)C[C@H](C)N1C(=O)O. The molecule has 0 radical (unpaired) electrons. The van der Waals surface area contributed by atoms with Crippen LogP contribution in [0.1, 0.15) is 30.9 Å². The highest BCUT2D eigenvalue weighted by atomic mass is 35.5. The lowest BCUT2D eigenvalue weighted by atomic mass is 10.0. The van der Waals surface area contributed by atoms with Crippen LogP contribution in [0.3, 0.4) is 0 Å². The van der Waals surface area contributed by atoms with Gasteiger partial charge in [0.05, 0.1) is 39.3 Å². The number of carbonyl (C=O) groups is 1. The minimum absolute atomic E-state index is 0.0230. The van der Waals surface area contributed by atoms with Gasteiger partial charge in [0.25, 0.3) is 0 Å². The number of halogens is 5. The quantitative estimate of drug-likeness (QED) is 0.430. The van der Waals surface area contributed by atoms with Gasteiger partial charge in [-0.15, -0.1) is 11.8 Å². The lowest BCUT2D eigenvalue weighted by Crippen LogP contribution is -2.58. The van der Waals surface area contributed by atoms with Gasteiger partial charge in [0.1, 0.15) is 11.6 Å². The second-order valence-electron chi connectivity index (χ2n) is 9.49. The molecule has 1 N–H and O–H groups in total. The zero-order chi connectivity index (χ0) is 27.5. The lowest BCUT2D eigenvalue weighted by Gasteiger charge is -2.43. The number of anilines is 1. The second kappa shape index (κ2) is 9.60. The highest BCUT2D eigenvalue weighted by Crippen LogP contribution is 2.47. The Labute approximate surface area is 223 Å². The van der Waals surface area contributed by atoms with Crippen molar-refractivity contribution < 1.29 is 27.5 Å². The molecule has 38 heavy (non-hydrogen) atoms. The van der Waals surface area contributed by atoms with E-state index >= 15 is 0 Å². The molecule has 3 aromatic rings. The largest absolute Gasteiger partial charge is 0.465 e. The summed E-state index contributed by atoms with van der Waals surface area (Å²) in [5, 5.41) is 9.09. The van der Waals surface area contributed by atoms with Gasteiger partial charge < -0.3 is 10.0 Å². The van der Waals surface area contributed by atoms with Crippen molar-refractivity contribution in [2.24, 2.45) is 0 Å². The van der Waals surface area contributed by atoms with E-state index in [1.165, 1.54) is 21.7 Å². The number of rotatable bonds is 2. The summed E-state index contributed by atoms with van der Waals surface area (Å²) in [5.74, 6) is -0.950. The Hall–Kier alpha value is -3.06. The zero-order valence-corrected chi connectivity index (χ0v) is 21.7. The number of alkyl halides is 3. The van der Waals surface area contributed by atoms with Crippen molar-refractivity contribution in [2.75, 3.05) is 23.7 Å². The Morgan fingerprint density at radius 1 is 1.21 bits per heavy atom. The zero-order valence-electron chi connectivity index (χ0n) is 20.2. The molecule has 1 aromatic carbocycles. The average Bonchev–Trinajstić information content (AvgIpc) is 3.03. The van der Waals surface area contributed by atoms with Crippen LogP contribution in [-0.4, -0.2) is 61.6 Å². The van der Waals surface area contributed by atoms with E-state index in [-0.39, 0.29) is 52.6 Å². The van der Waals surface area contributed by atoms with E-state index < -0.39 is 52.4 Å². The molecular formula is C24H22ClF4N5O3S. The third-order valence-electron chi connectivity index (χ3n) is 6.96. The number of hydrogen-bond donors (Lipinski definition) is 1. The van der Waals surface area contributed by atoms with Gasteiger partial charge in [-0.25, -0.2) is 14.0 Å². The van der Waals surface area contributed by atoms with Crippen LogP contribution in [-0.2, 0) is 12.7 Å². The molecule has 3 atom stereocenters. The number of aromatic nitrogens is 3. The topological polar surface area (TPSA) is 91.6 Å². The van der Waals surface area contributed by atoms with Crippen molar-refractivity contribution in [2.45, 2.75) is 49.5 Å². The van der Waals surface area contributed by atoms with E-state index in [1.807, 2.05) is 0 Å². The molecule has 2 aliphatic heterocycles. The second-order valence-corrected chi connectivity index (χ2v) is 10.9. The van der Waals surface area contributed by atoms with Gasteiger partial charge in [0.15, 0.2) is 0 Å². The number of benzene rings is 1. The Bertz CT molecular complexity index is 1490. The van der Waals surface area contributed by atoms with Crippen LogP contribution in [0, 0.1) is 5.82 Å². The lowest BCUT2D eigenvalue weighted by molar-refractivity contribution is -0.137.